The summed E-state index contributed by atoms with van der Waals surface area (Å²) in [6.45, 7) is 4.23. The average molecular weight is 290 g/mol. The maximum Gasteiger partial charge on any atom is 0.252 e. The normalized spacial score (nSPS) is 26.0. The number of aryl methyl sites for hydroxylation is 1. The van der Waals surface area contributed by atoms with Crippen molar-refractivity contribution in [3.63, 3.8) is 0 Å². The van der Waals surface area contributed by atoms with E-state index in [-0.39, 0.29) is 5.91 Å². The minimum atomic E-state index is -0.510. The molecule has 0 unspecified atom stereocenters. The number of carbonyl (C=O) groups is 1. The van der Waals surface area contributed by atoms with Crippen LogP contribution < -0.4 is 11.1 Å². The Hall–Kier alpha value is -1.42. The predicted octanol–water partition coefficient (Wildman–Crippen LogP) is 2.96. The highest BCUT2D eigenvalue weighted by Gasteiger charge is 2.38. The van der Waals surface area contributed by atoms with Crippen molar-refractivity contribution in [2.45, 2.75) is 45.1 Å². The summed E-state index contributed by atoms with van der Waals surface area (Å²) in [6.07, 6.45) is 3.76. The lowest BCUT2D eigenvalue weighted by molar-refractivity contribution is 0.0900. The van der Waals surface area contributed by atoms with Gasteiger partial charge in [0.25, 0.3) is 5.91 Å². The highest BCUT2D eigenvalue weighted by atomic mass is 32.1. The standard InChI is InChI=1S/C16H22N2OS/c1-11-3-5-13(6-4-11)14(19)18-16(15(17)20)9-7-12(2)8-10-16/h3-6,12H,7-10H2,1-2H3,(H2,17,20)(H,18,19). The molecule has 1 aromatic carbocycles. The Morgan fingerprint density at radius 3 is 2.35 bits per heavy atom. The van der Waals surface area contributed by atoms with Gasteiger partial charge in [0, 0.05) is 5.56 Å². The Bertz CT molecular complexity index is 502. The van der Waals surface area contributed by atoms with Gasteiger partial charge in [-0.25, -0.2) is 0 Å². The van der Waals surface area contributed by atoms with Crippen LogP contribution in [0.1, 0.15) is 48.5 Å². The first-order valence-corrected chi connectivity index (χ1v) is 7.53. The van der Waals surface area contributed by atoms with Crippen LogP contribution in [0.5, 0.6) is 0 Å². The third-order valence-electron chi connectivity index (χ3n) is 4.27. The second kappa shape index (κ2) is 5.92. The van der Waals surface area contributed by atoms with Crippen LogP contribution in [0.4, 0.5) is 0 Å². The fourth-order valence-electron chi connectivity index (χ4n) is 2.68. The van der Waals surface area contributed by atoms with Gasteiger partial charge in [-0.05, 0) is 50.7 Å². The molecule has 0 atom stereocenters. The molecule has 20 heavy (non-hydrogen) atoms. The number of benzene rings is 1. The van der Waals surface area contributed by atoms with E-state index in [4.69, 9.17) is 18.0 Å². The molecular formula is C16H22N2OS. The van der Waals surface area contributed by atoms with Crippen molar-refractivity contribution in [1.82, 2.24) is 5.32 Å². The van der Waals surface area contributed by atoms with Crippen LogP contribution in [0.15, 0.2) is 24.3 Å². The van der Waals surface area contributed by atoms with Crippen molar-refractivity contribution >= 4 is 23.1 Å². The van der Waals surface area contributed by atoms with Crippen molar-refractivity contribution in [2.75, 3.05) is 0 Å². The van der Waals surface area contributed by atoms with Gasteiger partial charge in [0.1, 0.15) is 0 Å². The molecule has 3 N–H and O–H groups in total. The largest absolute Gasteiger partial charge is 0.391 e. The van der Waals surface area contributed by atoms with Crippen molar-refractivity contribution in [1.29, 1.82) is 0 Å². The molecule has 4 heteroatoms. The second-order valence-electron chi connectivity index (χ2n) is 5.95. The maximum atomic E-state index is 12.4. The summed E-state index contributed by atoms with van der Waals surface area (Å²) < 4.78 is 0. The minimum absolute atomic E-state index is 0.0904. The molecule has 1 amide bonds. The van der Waals surface area contributed by atoms with E-state index in [1.807, 2.05) is 31.2 Å². The Morgan fingerprint density at radius 2 is 1.85 bits per heavy atom. The fourth-order valence-corrected chi connectivity index (χ4v) is 2.94. The molecule has 1 aromatic rings. The van der Waals surface area contributed by atoms with E-state index in [9.17, 15) is 4.79 Å². The summed E-state index contributed by atoms with van der Waals surface area (Å²) >= 11 is 5.22. The van der Waals surface area contributed by atoms with Gasteiger partial charge in [0.05, 0.1) is 10.5 Å². The molecule has 2 rings (SSSR count). The van der Waals surface area contributed by atoms with E-state index in [0.717, 1.165) is 31.2 Å². The summed E-state index contributed by atoms with van der Waals surface area (Å²) in [5.74, 6) is 0.584. The molecule has 0 radical (unpaired) electrons. The van der Waals surface area contributed by atoms with Gasteiger partial charge in [-0.1, -0.05) is 36.8 Å². The van der Waals surface area contributed by atoms with E-state index in [1.165, 1.54) is 0 Å². The molecule has 0 saturated heterocycles. The molecule has 1 saturated carbocycles. The number of nitrogens with two attached hydrogens (primary N) is 1. The third kappa shape index (κ3) is 3.18. The summed E-state index contributed by atoms with van der Waals surface area (Å²) in [6, 6.07) is 7.55. The van der Waals surface area contributed by atoms with Crippen LogP contribution >= 0.6 is 12.2 Å². The number of carbonyl (C=O) groups excluding carboxylic acids is 1. The number of thiocarbonyl (C=S) groups is 1. The molecular weight excluding hydrogens is 268 g/mol. The van der Waals surface area contributed by atoms with Crippen LogP contribution in [0.2, 0.25) is 0 Å². The van der Waals surface area contributed by atoms with Crippen molar-refractivity contribution < 1.29 is 4.79 Å². The van der Waals surface area contributed by atoms with Gasteiger partial charge < -0.3 is 11.1 Å². The SMILES string of the molecule is Cc1ccc(C(=O)NC2(C(N)=S)CCC(C)CC2)cc1. The summed E-state index contributed by atoms with van der Waals surface area (Å²) in [5.41, 5.74) is 7.20. The monoisotopic (exact) mass is 290 g/mol. The summed E-state index contributed by atoms with van der Waals surface area (Å²) in [4.78, 5) is 12.8. The molecule has 0 aromatic heterocycles. The zero-order valence-corrected chi connectivity index (χ0v) is 12.9. The first-order chi connectivity index (χ1) is 9.43. The molecule has 1 aliphatic rings. The third-order valence-corrected chi connectivity index (χ3v) is 4.66. The smallest absolute Gasteiger partial charge is 0.252 e. The highest BCUT2D eigenvalue weighted by molar-refractivity contribution is 7.80. The van der Waals surface area contributed by atoms with Gasteiger partial charge >= 0.3 is 0 Å². The zero-order valence-electron chi connectivity index (χ0n) is 12.1. The van der Waals surface area contributed by atoms with Gasteiger partial charge in [0.15, 0.2) is 0 Å². The number of nitrogens with one attached hydrogen (secondary N) is 1. The van der Waals surface area contributed by atoms with Gasteiger partial charge in [-0.15, -0.1) is 0 Å². The molecule has 0 aliphatic heterocycles. The van der Waals surface area contributed by atoms with Crippen LogP contribution in [-0.4, -0.2) is 16.4 Å². The van der Waals surface area contributed by atoms with Crippen molar-refractivity contribution in [2.24, 2.45) is 11.7 Å². The topological polar surface area (TPSA) is 55.1 Å². The van der Waals surface area contributed by atoms with Gasteiger partial charge in [0.2, 0.25) is 0 Å². The number of hydrogen-bond donors (Lipinski definition) is 2. The lowest BCUT2D eigenvalue weighted by Gasteiger charge is -2.39. The van der Waals surface area contributed by atoms with Crippen molar-refractivity contribution in [3.05, 3.63) is 35.4 Å². The summed E-state index contributed by atoms with van der Waals surface area (Å²) in [5, 5.41) is 3.08. The molecule has 3 nitrogen and oxygen atoms in total. The Morgan fingerprint density at radius 1 is 1.30 bits per heavy atom. The molecule has 0 heterocycles. The first kappa shape index (κ1) is 15.0. The molecule has 1 fully saturated rings. The van der Waals surface area contributed by atoms with E-state index >= 15 is 0 Å². The van der Waals surface area contributed by atoms with Crippen LogP contribution in [-0.2, 0) is 0 Å². The zero-order chi connectivity index (χ0) is 14.8. The number of hydrogen-bond acceptors (Lipinski definition) is 2. The second-order valence-corrected chi connectivity index (χ2v) is 6.39. The quantitative estimate of drug-likeness (QED) is 0.842. The summed E-state index contributed by atoms with van der Waals surface area (Å²) in [7, 11) is 0. The average Bonchev–Trinajstić information content (AvgIpc) is 2.42. The highest BCUT2D eigenvalue weighted by Crippen LogP contribution is 2.32. The van der Waals surface area contributed by atoms with E-state index < -0.39 is 5.54 Å². The lowest BCUT2D eigenvalue weighted by atomic mass is 9.77. The van der Waals surface area contributed by atoms with E-state index in [1.54, 1.807) is 0 Å². The fraction of sp³-hybridized carbons (Fsp3) is 0.500. The van der Waals surface area contributed by atoms with E-state index in [2.05, 4.69) is 12.2 Å². The first-order valence-electron chi connectivity index (χ1n) is 7.12. The van der Waals surface area contributed by atoms with Crippen LogP contribution in [0.25, 0.3) is 0 Å². The minimum Gasteiger partial charge on any atom is -0.391 e. The number of rotatable bonds is 3. The molecule has 108 valence electrons. The Labute approximate surface area is 125 Å². The lowest BCUT2D eigenvalue weighted by Crippen LogP contribution is -2.58. The number of amides is 1. The maximum absolute atomic E-state index is 12.4. The predicted molar refractivity (Wildman–Crippen MR) is 85.8 cm³/mol. The molecule has 0 bridgehead atoms. The van der Waals surface area contributed by atoms with Crippen LogP contribution in [0, 0.1) is 12.8 Å². The van der Waals surface area contributed by atoms with Crippen molar-refractivity contribution in [3.8, 4) is 0 Å². The van der Waals surface area contributed by atoms with E-state index in [0.29, 0.717) is 16.5 Å². The van der Waals surface area contributed by atoms with Crippen LogP contribution in [0.3, 0.4) is 0 Å². The Balaban J connectivity index is 2.14. The molecule has 0 spiro atoms. The van der Waals surface area contributed by atoms with Gasteiger partial charge in [-0.2, -0.15) is 0 Å². The van der Waals surface area contributed by atoms with Gasteiger partial charge in [-0.3, -0.25) is 4.79 Å². The Kier molecular flexibility index (Phi) is 4.43. The molecule has 1 aliphatic carbocycles.